The van der Waals surface area contributed by atoms with Crippen molar-refractivity contribution in [3.8, 4) is 0 Å². The Hall–Kier alpha value is -1.31. The summed E-state index contributed by atoms with van der Waals surface area (Å²) in [6.45, 7) is 4.12. The molecule has 0 aliphatic heterocycles. The van der Waals surface area contributed by atoms with Gasteiger partial charge in [-0.05, 0) is 24.1 Å². The molecule has 0 saturated heterocycles. The molecule has 1 aromatic carbocycles. The topological polar surface area (TPSA) is 95.7 Å². The summed E-state index contributed by atoms with van der Waals surface area (Å²) in [6, 6.07) is 4.49. The molecule has 6 nitrogen and oxygen atoms in total. The number of aliphatic hydroxyl groups excluding tert-OH is 1. The predicted molar refractivity (Wildman–Crippen MR) is 81.1 cm³/mol. The lowest BCUT2D eigenvalue weighted by Gasteiger charge is -2.18. The molecule has 114 valence electrons. The van der Waals surface area contributed by atoms with E-state index < -0.39 is 16.1 Å². The van der Waals surface area contributed by atoms with Gasteiger partial charge in [0, 0.05) is 20.6 Å². The van der Waals surface area contributed by atoms with Crippen LogP contribution in [0.4, 0.5) is 11.4 Å². The van der Waals surface area contributed by atoms with E-state index in [9.17, 15) is 13.5 Å². The largest absolute Gasteiger partial charge is 0.397 e. The summed E-state index contributed by atoms with van der Waals surface area (Å²) in [4.78, 5) is 0.165. The van der Waals surface area contributed by atoms with Crippen molar-refractivity contribution in [1.82, 2.24) is 4.31 Å². The molecule has 0 bridgehead atoms. The second-order valence-corrected chi connectivity index (χ2v) is 7.38. The van der Waals surface area contributed by atoms with Gasteiger partial charge in [0.05, 0.1) is 22.4 Å². The molecule has 20 heavy (non-hydrogen) atoms. The number of anilines is 2. The smallest absolute Gasteiger partial charge is 0.242 e. The van der Waals surface area contributed by atoms with Gasteiger partial charge in [-0.1, -0.05) is 13.8 Å². The molecule has 1 unspecified atom stereocenters. The van der Waals surface area contributed by atoms with Gasteiger partial charge in [0.25, 0.3) is 0 Å². The summed E-state index contributed by atoms with van der Waals surface area (Å²) in [6.07, 6.45) is -0.525. The van der Waals surface area contributed by atoms with E-state index in [-0.39, 0.29) is 10.8 Å². The van der Waals surface area contributed by atoms with Gasteiger partial charge in [0.2, 0.25) is 10.0 Å². The number of aliphatic hydroxyl groups is 1. The van der Waals surface area contributed by atoms with Gasteiger partial charge in [-0.3, -0.25) is 0 Å². The highest BCUT2D eigenvalue weighted by Gasteiger charge is 2.18. The van der Waals surface area contributed by atoms with Crippen LogP contribution >= 0.6 is 0 Å². The highest BCUT2D eigenvalue weighted by molar-refractivity contribution is 7.89. The Balaban J connectivity index is 2.99. The van der Waals surface area contributed by atoms with Crippen molar-refractivity contribution in [3.05, 3.63) is 18.2 Å². The van der Waals surface area contributed by atoms with Gasteiger partial charge in [-0.15, -0.1) is 0 Å². The molecule has 1 aromatic rings. The van der Waals surface area contributed by atoms with E-state index in [4.69, 9.17) is 5.73 Å². The summed E-state index contributed by atoms with van der Waals surface area (Å²) < 4.78 is 25.2. The van der Waals surface area contributed by atoms with E-state index in [0.717, 1.165) is 4.31 Å². The first kappa shape index (κ1) is 16.7. The van der Waals surface area contributed by atoms with E-state index in [2.05, 4.69) is 5.32 Å². The molecule has 0 fully saturated rings. The van der Waals surface area contributed by atoms with Gasteiger partial charge in [-0.25, -0.2) is 12.7 Å². The van der Waals surface area contributed by atoms with Crippen LogP contribution in [0.25, 0.3) is 0 Å². The molecule has 1 rings (SSSR count). The molecule has 0 heterocycles. The molecule has 0 aliphatic carbocycles. The Kier molecular flexibility index (Phi) is 5.38. The van der Waals surface area contributed by atoms with Crippen molar-refractivity contribution >= 4 is 21.4 Å². The Labute approximate surface area is 120 Å². The molecule has 0 spiro atoms. The van der Waals surface area contributed by atoms with Crippen LogP contribution in [-0.2, 0) is 10.0 Å². The third-order valence-corrected chi connectivity index (χ3v) is 4.89. The highest BCUT2D eigenvalue weighted by Crippen LogP contribution is 2.24. The first-order chi connectivity index (χ1) is 9.16. The standard InChI is InChI=1S/C13H23N3O3S/c1-9(2)13(17)8-15-12-7-10(5-6-11(12)14)20(18,19)16(3)4/h5-7,9,13,15,17H,8,14H2,1-4H3. The maximum Gasteiger partial charge on any atom is 0.242 e. The average Bonchev–Trinajstić information content (AvgIpc) is 2.36. The lowest BCUT2D eigenvalue weighted by molar-refractivity contribution is 0.138. The zero-order valence-electron chi connectivity index (χ0n) is 12.3. The minimum atomic E-state index is -3.50. The molecular weight excluding hydrogens is 278 g/mol. The summed E-state index contributed by atoms with van der Waals surface area (Å²) in [5.74, 6) is 0.109. The number of sulfonamides is 1. The quantitative estimate of drug-likeness (QED) is 0.680. The molecule has 7 heteroatoms. The van der Waals surface area contributed by atoms with Crippen molar-refractivity contribution in [1.29, 1.82) is 0 Å². The number of nitrogen functional groups attached to an aromatic ring is 1. The summed E-state index contributed by atoms with van der Waals surface area (Å²) in [7, 11) is -0.549. The first-order valence-corrected chi connectivity index (χ1v) is 7.84. The van der Waals surface area contributed by atoms with Gasteiger partial charge in [0.1, 0.15) is 0 Å². The van der Waals surface area contributed by atoms with Gasteiger partial charge < -0.3 is 16.2 Å². The second kappa shape index (κ2) is 6.43. The van der Waals surface area contributed by atoms with Gasteiger partial charge in [0.15, 0.2) is 0 Å². The maximum atomic E-state index is 12.0. The molecule has 1 atom stereocenters. The molecule has 4 N–H and O–H groups in total. The van der Waals surface area contributed by atoms with Crippen LogP contribution in [0, 0.1) is 5.92 Å². The number of nitrogens with one attached hydrogen (secondary N) is 1. The number of nitrogens with zero attached hydrogens (tertiary/aromatic N) is 1. The lowest BCUT2D eigenvalue weighted by Crippen LogP contribution is -2.25. The van der Waals surface area contributed by atoms with Crippen LogP contribution in [0.3, 0.4) is 0 Å². The number of nitrogens with two attached hydrogens (primary N) is 1. The molecule has 0 saturated carbocycles. The Morgan fingerprint density at radius 3 is 2.45 bits per heavy atom. The molecule has 0 amide bonds. The normalized spacial score (nSPS) is 13.8. The maximum absolute atomic E-state index is 12.0. The second-order valence-electron chi connectivity index (χ2n) is 5.23. The number of hydrogen-bond acceptors (Lipinski definition) is 5. The predicted octanol–water partition coefficient (Wildman–Crippen LogP) is 0.948. The van der Waals surface area contributed by atoms with E-state index >= 15 is 0 Å². The first-order valence-electron chi connectivity index (χ1n) is 6.40. The van der Waals surface area contributed by atoms with Crippen LogP contribution < -0.4 is 11.1 Å². The highest BCUT2D eigenvalue weighted by atomic mass is 32.2. The Morgan fingerprint density at radius 2 is 1.95 bits per heavy atom. The molecule has 0 aromatic heterocycles. The van der Waals surface area contributed by atoms with Crippen molar-refractivity contribution in [3.63, 3.8) is 0 Å². The number of rotatable bonds is 6. The van der Waals surface area contributed by atoms with Crippen LogP contribution in [-0.4, -0.2) is 44.6 Å². The van der Waals surface area contributed by atoms with Crippen molar-refractivity contribution < 1.29 is 13.5 Å². The van der Waals surface area contributed by atoms with Crippen LogP contribution in [0.2, 0.25) is 0 Å². The Bertz CT molecular complexity index is 556. The van der Waals surface area contributed by atoms with Crippen LogP contribution in [0.15, 0.2) is 23.1 Å². The van der Waals surface area contributed by atoms with Crippen molar-refractivity contribution in [2.75, 3.05) is 31.7 Å². The molecule has 0 aliphatic rings. The van der Waals surface area contributed by atoms with Gasteiger partial charge >= 0.3 is 0 Å². The summed E-state index contributed by atoms with van der Waals surface area (Å²) in [5.41, 5.74) is 6.77. The van der Waals surface area contributed by atoms with E-state index in [1.807, 2.05) is 13.8 Å². The average molecular weight is 301 g/mol. The zero-order valence-corrected chi connectivity index (χ0v) is 13.1. The third kappa shape index (κ3) is 3.84. The van der Waals surface area contributed by atoms with Crippen LogP contribution in [0.5, 0.6) is 0 Å². The summed E-state index contributed by atoms with van der Waals surface area (Å²) >= 11 is 0. The van der Waals surface area contributed by atoms with E-state index in [0.29, 0.717) is 17.9 Å². The third-order valence-electron chi connectivity index (χ3n) is 3.07. The van der Waals surface area contributed by atoms with E-state index in [1.165, 1.54) is 26.2 Å². The monoisotopic (exact) mass is 301 g/mol. The summed E-state index contributed by atoms with van der Waals surface area (Å²) in [5, 5.41) is 12.8. The van der Waals surface area contributed by atoms with E-state index in [1.54, 1.807) is 6.07 Å². The molecular formula is C13H23N3O3S. The number of hydrogen-bond donors (Lipinski definition) is 3. The fraction of sp³-hybridized carbons (Fsp3) is 0.538. The zero-order chi connectivity index (χ0) is 15.5. The van der Waals surface area contributed by atoms with Crippen LogP contribution in [0.1, 0.15) is 13.8 Å². The Morgan fingerprint density at radius 1 is 1.35 bits per heavy atom. The van der Waals surface area contributed by atoms with Gasteiger partial charge in [-0.2, -0.15) is 0 Å². The number of benzene rings is 1. The fourth-order valence-corrected chi connectivity index (χ4v) is 2.44. The van der Waals surface area contributed by atoms with Crippen molar-refractivity contribution in [2.24, 2.45) is 5.92 Å². The van der Waals surface area contributed by atoms with Crippen molar-refractivity contribution in [2.45, 2.75) is 24.8 Å². The fourth-order valence-electron chi connectivity index (χ4n) is 1.51. The SMILES string of the molecule is CC(C)C(O)CNc1cc(S(=O)(=O)N(C)C)ccc1N. The minimum Gasteiger partial charge on any atom is -0.397 e. The lowest BCUT2D eigenvalue weighted by atomic mass is 10.1. The molecule has 0 radical (unpaired) electrons. The minimum absolute atomic E-state index is 0.109.